The number of benzene rings is 1. The summed E-state index contributed by atoms with van der Waals surface area (Å²) in [6.07, 6.45) is 0. The maximum atomic E-state index is 13.2. The fraction of sp³-hybridized carbons (Fsp3) is 0.467. The van der Waals surface area contributed by atoms with Crippen molar-refractivity contribution in [3.05, 3.63) is 35.1 Å². The first-order valence-electron chi connectivity index (χ1n) is 6.39. The maximum Gasteiger partial charge on any atom is 0.328 e. The number of halogens is 1. The van der Waals surface area contributed by atoms with Crippen LogP contribution < -0.4 is 5.32 Å². The highest BCUT2D eigenvalue weighted by atomic mass is 19.1. The first kappa shape index (κ1) is 16.1. The average Bonchev–Trinajstić information content (AvgIpc) is 2.25. The van der Waals surface area contributed by atoms with Gasteiger partial charge in [0.05, 0.1) is 0 Å². The van der Waals surface area contributed by atoms with E-state index >= 15 is 0 Å². The number of esters is 1. The molecule has 0 heterocycles. The van der Waals surface area contributed by atoms with E-state index < -0.39 is 29.3 Å². The van der Waals surface area contributed by atoms with Crippen LogP contribution in [0.2, 0.25) is 0 Å². The lowest BCUT2D eigenvalue weighted by atomic mass is 10.1. The Morgan fingerprint density at radius 1 is 1.25 bits per heavy atom. The first-order chi connectivity index (χ1) is 9.08. The van der Waals surface area contributed by atoms with Gasteiger partial charge in [-0.2, -0.15) is 0 Å². The zero-order valence-electron chi connectivity index (χ0n) is 12.4. The van der Waals surface area contributed by atoms with Crippen molar-refractivity contribution in [2.45, 2.75) is 46.3 Å². The average molecular weight is 281 g/mol. The van der Waals surface area contributed by atoms with E-state index in [0.717, 1.165) is 6.07 Å². The van der Waals surface area contributed by atoms with Gasteiger partial charge in [0.15, 0.2) is 0 Å². The summed E-state index contributed by atoms with van der Waals surface area (Å²) in [5, 5.41) is 2.49. The Balaban J connectivity index is 2.72. The fourth-order valence-electron chi connectivity index (χ4n) is 1.60. The number of ether oxygens (including phenoxy) is 1. The Hall–Kier alpha value is -1.91. The van der Waals surface area contributed by atoms with Gasteiger partial charge in [0.1, 0.15) is 17.5 Å². The van der Waals surface area contributed by atoms with E-state index in [1.165, 1.54) is 13.0 Å². The highest BCUT2D eigenvalue weighted by molar-refractivity contribution is 5.96. The Bertz CT molecular complexity index is 500. The van der Waals surface area contributed by atoms with Gasteiger partial charge in [-0.1, -0.05) is 0 Å². The van der Waals surface area contributed by atoms with Gasteiger partial charge in [0.25, 0.3) is 5.91 Å². The molecule has 0 saturated carbocycles. The molecule has 1 N–H and O–H groups in total. The molecule has 1 amide bonds. The van der Waals surface area contributed by atoms with Crippen molar-refractivity contribution in [2.24, 2.45) is 0 Å². The molecule has 0 radical (unpaired) electrons. The lowest BCUT2D eigenvalue weighted by Gasteiger charge is -2.22. The molecule has 110 valence electrons. The summed E-state index contributed by atoms with van der Waals surface area (Å²) in [4.78, 5) is 23.7. The van der Waals surface area contributed by atoms with Crippen LogP contribution in [0, 0.1) is 12.7 Å². The smallest absolute Gasteiger partial charge is 0.328 e. The molecule has 20 heavy (non-hydrogen) atoms. The van der Waals surface area contributed by atoms with Crippen LogP contribution in [0.3, 0.4) is 0 Å². The van der Waals surface area contributed by atoms with Crippen LogP contribution in [0.4, 0.5) is 4.39 Å². The summed E-state index contributed by atoms with van der Waals surface area (Å²) >= 11 is 0. The molecule has 1 rings (SSSR count). The molecular weight excluding hydrogens is 261 g/mol. The second-order valence-corrected chi connectivity index (χ2v) is 5.75. The minimum atomic E-state index is -0.801. The van der Waals surface area contributed by atoms with E-state index in [-0.39, 0.29) is 5.56 Å². The number of amides is 1. The predicted molar refractivity (Wildman–Crippen MR) is 73.9 cm³/mol. The van der Waals surface area contributed by atoms with Gasteiger partial charge >= 0.3 is 5.97 Å². The molecule has 0 aliphatic carbocycles. The van der Waals surface area contributed by atoms with Crippen LogP contribution in [0.5, 0.6) is 0 Å². The third kappa shape index (κ3) is 4.99. The lowest BCUT2D eigenvalue weighted by molar-refractivity contribution is -0.156. The second kappa shape index (κ2) is 6.03. The summed E-state index contributed by atoms with van der Waals surface area (Å²) in [5.41, 5.74) is 0.198. The van der Waals surface area contributed by atoms with Gasteiger partial charge in [0, 0.05) is 5.56 Å². The van der Waals surface area contributed by atoms with Crippen molar-refractivity contribution in [2.75, 3.05) is 0 Å². The SMILES string of the molecule is Cc1cc(F)cc(C(=O)N[C@H](C)C(=O)OC(C)(C)C)c1. The lowest BCUT2D eigenvalue weighted by Crippen LogP contribution is -2.42. The zero-order chi connectivity index (χ0) is 15.5. The van der Waals surface area contributed by atoms with Crippen LogP contribution in [0.1, 0.15) is 43.6 Å². The van der Waals surface area contributed by atoms with Crippen molar-refractivity contribution in [1.82, 2.24) is 5.32 Å². The number of aryl methyl sites for hydroxylation is 1. The van der Waals surface area contributed by atoms with Crippen LogP contribution in [0.25, 0.3) is 0 Å². The minimum Gasteiger partial charge on any atom is -0.458 e. The topological polar surface area (TPSA) is 55.4 Å². The van der Waals surface area contributed by atoms with Crippen LogP contribution in [-0.4, -0.2) is 23.5 Å². The molecule has 0 fully saturated rings. The molecular formula is C15H20FNO3. The van der Waals surface area contributed by atoms with E-state index in [4.69, 9.17) is 4.74 Å². The van der Waals surface area contributed by atoms with E-state index in [2.05, 4.69) is 5.32 Å². The molecule has 5 heteroatoms. The van der Waals surface area contributed by atoms with Crippen molar-refractivity contribution < 1.29 is 18.7 Å². The van der Waals surface area contributed by atoms with E-state index in [0.29, 0.717) is 5.56 Å². The van der Waals surface area contributed by atoms with Gasteiger partial charge in [-0.05, 0) is 58.4 Å². The van der Waals surface area contributed by atoms with Crippen LogP contribution in [0.15, 0.2) is 18.2 Å². The molecule has 1 atom stereocenters. The van der Waals surface area contributed by atoms with Crippen molar-refractivity contribution in [3.63, 3.8) is 0 Å². The summed E-state index contributed by atoms with van der Waals surface area (Å²) < 4.78 is 18.4. The molecule has 0 aliphatic heterocycles. The Labute approximate surface area is 118 Å². The fourth-order valence-corrected chi connectivity index (χ4v) is 1.60. The summed E-state index contributed by atoms with van der Waals surface area (Å²) in [6, 6.07) is 3.21. The van der Waals surface area contributed by atoms with E-state index in [1.807, 2.05) is 0 Å². The van der Waals surface area contributed by atoms with Crippen molar-refractivity contribution in [3.8, 4) is 0 Å². The third-order valence-electron chi connectivity index (χ3n) is 2.41. The predicted octanol–water partition coefficient (Wildman–Crippen LogP) is 2.59. The number of hydrogen-bond acceptors (Lipinski definition) is 3. The van der Waals surface area contributed by atoms with Crippen LogP contribution in [-0.2, 0) is 9.53 Å². The van der Waals surface area contributed by atoms with Gasteiger partial charge in [0.2, 0.25) is 0 Å². The van der Waals surface area contributed by atoms with Gasteiger partial charge in [-0.3, -0.25) is 4.79 Å². The maximum absolute atomic E-state index is 13.2. The molecule has 0 bridgehead atoms. The molecule has 0 spiro atoms. The molecule has 0 aromatic heterocycles. The number of carbonyl (C=O) groups is 2. The molecule has 0 unspecified atom stereocenters. The molecule has 4 nitrogen and oxygen atoms in total. The standard InChI is InChI=1S/C15H20FNO3/c1-9-6-11(8-12(16)7-9)13(18)17-10(2)14(19)20-15(3,4)5/h6-8,10H,1-5H3,(H,17,18)/t10-/m1/s1. The Kier molecular flexibility index (Phi) is 4.87. The van der Waals surface area contributed by atoms with Crippen LogP contribution >= 0.6 is 0 Å². The highest BCUT2D eigenvalue weighted by Crippen LogP contribution is 2.10. The molecule has 0 saturated heterocycles. The van der Waals surface area contributed by atoms with Gasteiger partial charge < -0.3 is 10.1 Å². The van der Waals surface area contributed by atoms with Gasteiger partial charge in [-0.25, -0.2) is 9.18 Å². The minimum absolute atomic E-state index is 0.179. The molecule has 0 aliphatic rings. The summed E-state index contributed by atoms with van der Waals surface area (Å²) in [7, 11) is 0. The van der Waals surface area contributed by atoms with E-state index in [1.54, 1.807) is 33.8 Å². The number of carbonyl (C=O) groups excluding carboxylic acids is 2. The third-order valence-corrected chi connectivity index (χ3v) is 2.41. The Morgan fingerprint density at radius 2 is 1.85 bits per heavy atom. The van der Waals surface area contributed by atoms with Crippen molar-refractivity contribution in [1.29, 1.82) is 0 Å². The largest absolute Gasteiger partial charge is 0.458 e. The Morgan fingerprint density at radius 3 is 2.35 bits per heavy atom. The summed E-state index contributed by atoms with van der Waals surface area (Å²) in [5.74, 6) is -1.52. The van der Waals surface area contributed by atoms with E-state index in [9.17, 15) is 14.0 Å². The highest BCUT2D eigenvalue weighted by Gasteiger charge is 2.23. The monoisotopic (exact) mass is 281 g/mol. The normalized spacial score (nSPS) is 12.7. The van der Waals surface area contributed by atoms with Crippen molar-refractivity contribution >= 4 is 11.9 Å². The number of hydrogen-bond donors (Lipinski definition) is 1. The summed E-state index contributed by atoms with van der Waals surface area (Å²) in [6.45, 7) is 8.45. The number of rotatable bonds is 3. The van der Waals surface area contributed by atoms with Gasteiger partial charge in [-0.15, -0.1) is 0 Å². The quantitative estimate of drug-likeness (QED) is 0.866. The first-order valence-corrected chi connectivity index (χ1v) is 6.39. The second-order valence-electron chi connectivity index (χ2n) is 5.75. The number of nitrogens with one attached hydrogen (secondary N) is 1. The molecule has 1 aromatic carbocycles. The molecule has 1 aromatic rings. The zero-order valence-corrected chi connectivity index (χ0v) is 12.4.